The third-order valence-electron chi connectivity index (χ3n) is 5.66. The monoisotopic (exact) mass is 416 g/mol. The molecular weight excluding hydrogens is 400 g/mol. The normalized spacial score (nSPS) is 38.4. The molecule has 5 rings (SSSR count). The van der Waals surface area contributed by atoms with E-state index in [2.05, 4.69) is 31.9 Å². The van der Waals surface area contributed by atoms with Gasteiger partial charge in [-0.05, 0) is 99.6 Å². The summed E-state index contributed by atoms with van der Waals surface area (Å²) in [6.07, 6.45) is 9.05. The Kier molecular flexibility index (Phi) is 3.43. The van der Waals surface area contributed by atoms with Gasteiger partial charge >= 0.3 is 0 Å². The highest BCUT2D eigenvalue weighted by atomic mass is 79.9. The first-order valence-electron chi connectivity index (χ1n) is 7.51. The van der Waals surface area contributed by atoms with E-state index in [0.29, 0.717) is 11.2 Å². The van der Waals surface area contributed by atoms with Gasteiger partial charge in [-0.3, -0.25) is 4.79 Å². The van der Waals surface area contributed by atoms with Crippen LogP contribution in [0.5, 0.6) is 0 Å². The fourth-order valence-electron chi connectivity index (χ4n) is 5.47. The zero-order valence-electron chi connectivity index (χ0n) is 11.3. The van der Waals surface area contributed by atoms with Crippen molar-refractivity contribution in [1.82, 2.24) is 0 Å². The summed E-state index contributed by atoms with van der Waals surface area (Å²) in [4.78, 5) is 12.7. The van der Waals surface area contributed by atoms with Crippen LogP contribution in [0.15, 0.2) is 13.6 Å². The van der Waals surface area contributed by atoms with Gasteiger partial charge in [0.2, 0.25) is 0 Å². The maximum Gasteiger partial charge on any atom is 0.165 e. The predicted octanol–water partition coefficient (Wildman–Crippen LogP) is 6.06. The zero-order chi connectivity index (χ0) is 13.9. The van der Waals surface area contributed by atoms with Gasteiger partial charge in [0, 0.05) is 12.0 Å². The van der Waals surface area contributed by atoms with Gasteiger partial charge in [-0.25, -0.2) is 0 Å². The average molecular weight is 418 g/mol. The molecule has 0 aromatic carbocycles. The number of hydrogen-bond donors (Lipinski definition) is 0. The fraction of sp³-hybridized carbons (Fsp3) is 0.688. The maximum atomic E-state index is 12.7. The Morgan fingerprint density at radius 3 is 2.15 bits per heavy atom. The second kappa shape index (κ2) is 4.92. The topological polar surface area (TPSA) is 17.1 Å². The summed E-state index contributed by atoms with van der Waals surface area (Å²) in [7, 11) is 0. The van der Waals surface area contributed by atoms with Crippen molar-refractivity contribution < 1.29 is 4.79 Å². The minimum Gasteiger partial charge on any atom is -0.294 e. The summed E-state index contributed by atoms with van der Waals surface area (Å²) in [6.45, 7) is 0. The third kappa shape index (κ3) is 2.36. The van der Waals surface area contributed by atoms with Crippen LogP contribution in [0.1, 0.15) is 55.3 Å². The minimum absolute atomic E-state index is 0.347. The van der Waals surface area contributed by atoms with Crippen molar-refractivity contribution in [3.63, 3.8) is 0 Å². The standard InChI is InChI=1S/C16H18Br2OS/c17-14-4-12(15(18)20-14)13(19)8-16-5-9-1-10(6-16)3-11(2-9)7-16/h4,9-11H,1-3,5-8H2. The van der Waals surface area contributed by atoms with E-state index in [-0.39, 0.29) is 0 Å². The fourth-order valence-corrected chi connectivity index (χ4v) is 8.33. The lowest BCUT2D eigenvalue weighted by Gasteiger charge is -2.56. The van der Waals surface area contributed by atoms with Crippen LogP contribution in [0, 0.1) is 23.2 Å². The van der Waals surface area contributed by atoms with Gasteiger partial charge in [-0.2, -0.15) is 0 Å². The molecule has 4 fully saturated rings. The molecule has 0 saturated heterocycles. The lowest BCUT2D eigenvalue weighted by molar-refractivity contribution is -0.0524. The molecule has 0 unspecified atom stereocenters. The molecule has 1 nitrogen and oxygen atoms in total. The second-order valence-electron chi connectivity index (χ2n) is 7.26. The van der Waals surface area contributed by atoms with Crippen molar-refractivity contribution >= 4 is 49.0 Å². The SMILES string of the molecule is O=C(CC12CC3CC(CC(C3)C1)C2)c1cc(Br)sc1Br. The Hall–Kier alpha value is 0.330. The third-order valence-corrected chi connectivity index (χ3v) is 8.00. The van der Waals surface area contributed by atoms with E-state index in [1.165, 1.54) is 38.5 Å². The highest BCUT2D eigenvalue weighted by Gasteiger charge is 2.51. The molecule has 108 valence electrons. The van der Waals surface area contributed by atoms with Crippen LogP contribution in [0.3, 0.4) is 0 Å². The molecule has 1 heterocycles. The van der Waals surface area contributed by atoms with E-state index < -0.39 is 0 Å². The summed E-state index contributed by atoms with van der Waals surface area (Å²) in [5.74, 6) is 3.12. The molecule has 1 aromatic rings. The van der Waals surface area contributed by atoms with Crippen LogP contribution in [0.4, 0.5) is 0 Å². The Labute approximate surface area is 140 Å². The molecule has 4 saturated carbocycles. The molecule has 1 aromatic heterocycles. The van der Waals surface area contributed by atoms with Crippen molar-refractivity contribution in [1.29, 1.82) is 0 Å². The molecule has 20 heavy (non-hydrogen) atoms. The predicted molar refractivity (Wildman–Crippen MR) is 89.3 cm³/mol. The summed E-state index contributed by atoms with van der Waals surface area (Å²) in [5.41, 5.74) is 1.23. The summed E-state index contributed by atoms with van der Waals surface area (Å²) in [6, 6.07) is 1.98. The van der Waals surface area contributed by atoms with Gasteiger partial charge in [0.25, 0.3) is 0 Å². The highest BCUT2D eigenvalue weighted by molar-refractivity contribution is 9.12. The van der Waals surface area contributed by atoms with Gasteiger partial charge in [0.1, 0.15) is 0 Å². The van der Waals surface area contributed by atoms with Crippen LogP contribution in [0.2, 0.25) is 0 Å². The average Bonchev–Trinajstić information content (AvgIpc) is 2.66. The number of hydrogen-bond acceptors (Lipinski definition) is 2. The molecule has 0 radical (unpaired) electrons. The highest BCUT2D eigenvalue weighted by Crippen LogP contribution is 2.61. The molecular formula is C16H18Br2OS. The molecule has 0 spiro atoms. The molecule has 4 aliphatic carbocycles. The van der Waals surface area contributed by atoms with Crippen LogP contribution in [-0.2, 0) is 0 Å². The minimum atomic E-state index is 0.347. The van der Waals surface area contributed by atoms with Crippen LogP contribution < -0.4 is 0 Å². The number of rotatable bonds is 3. The summed E-state index contributed by atoms with van der Waals surface area (Å²) >= 11 is 8.62. The number of ketones is 1. The van der Waals surface area contributed by atoms with E-state index in [1.807, 2.05) is 6.07 Å². The van der Waals surface area contributed by atoms with E-state index in [1.54, 1.807) is 11.3 Å². The Morgan fingerprint density at radius 2 is 1.70 bits per heavy atom. The number of Topliss-reactive ketones (excluding diaryl/α,β-unsaturated/α-hetero) is 1. The van der Waals surface area contributed by atoms with Gasteiger partial charge < -0.3 is 0 Å². The summed E-state index contributed by atoms with van der Waals surface area (Å²) < 4.78 is 2.03. The molecule has 4 heteroatoms. The number of thiophene rings is 1. The van der Waals surface area contributed by atoms with Crippen LogP contribution in [-0.4, -0.2) is 5.78 Å². The summed E-state index contributed by atoms with van der Waals surface area (Å²) in [5, 5.41) is 0. The first kappa shape index (κ1) is 14.0. The molecule has 4 aliphatic rings. The lowest BCUT2D eigenvalue weighted by Crippen LogP contribution is -2.46. The van der Waals surface area contributed by atoms with E-state index in [0.717, 1.165) is 37.3 Å². The van der Waals surface area contributed by atoms with Crippen molar-refractivity contribution in [2.75, 3.05) is 0 Å². The van der Waals surface area contributed by atoms with Crippen molar-refractivity contribution in [2.45, 2.75) is 44.9 Å². The molecule has 0 aliphatic heterocycles. The maximum absolute atomic E-state index is 12.7. The van der Waals surface area contributed by atoms with Crippen LogP contribution in [0.25, 0.3) is 0 Å². The molecule has 4 bridgehead atoms. The number of carbonyl (C=O) groups is 1. The lowest BCUT2D eigenvalue weighted by atomic mass is 9.48. The van der Waals surface area contributed by atoms with Gasteiger partial charge in [0.05, 0.1) is 7.57 Å². The Bertz CT molecular complexity index is 528. The van der Waals surface area contributed by atoms with Gasteiger partial charge in [-0.15, -0.1) is 11.3 Å². The molecule has 0 atom stereocenters. The smallest absolute Gasteiger partial charge is 0.165 e. The largest absolute Gasteiger partial charge is 0.294 e. The van der Waals surface area contributed by atoms with Crippen LogP contribution >= 0.6 is 43.2 Å². The Morgan fingerprint density at radius 1 is 1.15 bits per heavy atom. The van der Waals surface area contributed by atoms with E-state index in [4.69, 9.17) is 0 Å². The number of halogens is 2. The molecule has 0 amide bonds. The first-order chi connectivity index (χ1) is 9.53. The van der Waals surface area contributed by atoms with Gasteiger partial charge in [0.15, 0.2) is 5.78 Å². The van der Waals surface area contributed by atoms with Gasteiger partial charge in [-0.1, -0.05) is 0 Å². The van der Waals surface area contributed by atoms with E-state index in [9.17, 15) is 4.79 Å². The second-order valence-corrected chi connectivity index (χ2v) is 11.0. The number of carbonyl (C=O) groups excluding carboxylic acids is 1. The first-order valence-corrected chi connectivity index (χ1v) is 9.91. The van der Waals surface area contributed by atoms with E-state index >= 15 is 0 Å². The van der Waals surface area contributed by atoms with Crippen molar-refractivity contribution in [2.24, 2.45) is 23.2 Å². The van der Waals surface area contributed by atoms with Crippen molar-refractivity contribution in [3.8, 4) is 0 Å². The Balaban J connectivity index is 1.57. The quantitative estimate of drug-likeness (QED) is 0.546. The molecule has 0 N–H and O–H groups in total. The zero-order valence-corrected chi connectivity index (χ0v) is 15.3. The van der Waals surface area contributed by atoms with Crippen molar-refractivity contribution in [3.05, 3.63) is 19.2 Å².